The van der Waals surface area contributed by atoms with Gasteiger partial charge in [-0.1, -0.05) is 11.6 Å². The molecule has 0 unspecified atom stereocenters. The molecule has 0 aliphatic carbocycles. The zero-order valence-corrected chi connectivity index (χ0v) is 12.2. The number of hydrogen-bond acceptors (Lipinski definition) is 3. The number of aryl methyl sites for hydroxylation is 1. The first-order valence-electron chi connectivity index (χ1n) is 6.33. The van der Waals surface area contributed by atoms with E-state index in [4.69, 9.17) is 11.6 Å². The van der Waals surface area contributed by atoms with Crippen LogP contribution in [0.15, 0.2) is 30.5 Å². The summed E-state index contributed by atoms with van der Waals surface area (Å²) in [5.74, 6) is -0.974. The SMILES string of the molecule is Cc1nn(-c2ccnc3cc(Cl)ccc23)c(C)c1C(=O)O. The van der Waals surface area contributed by atoms with Gasteiger partial charge in [-0.3, -0.25) is 4.98 Å². The normalized spacial score (nSPS) is 11.0. The molecule has 0 aliphatic heterocycles. The minimum atomic E-state index is -0.974. The fourth-order valence-corrected chi connectivity index (χ4v) is 2.64. The van der Waals surface area contributed by atoms with Crippen LogP contribution >= 0.6 is 11.6 Å². The topological polar surface area (TPSA) is 68.0 Å². The lowest BCUT2D eigenvalue weighted by atomic mass is 10.1. The number of carbonyl (C=O) groups is 1. The Hall–Kier alpha value is -2.40. The van der Waals surface area contributed by atoms with Crippen LogP contribution in [0.4, 0.5) is 0 Å². The zero-order valence-electron chi connectivity index (χ0n) is 11.5. The number of rotatable bonds is 2. The summed E-state index contributed by atoms with van der Waals surface area (Å²) < 4.78 is 1.64. The van der Waals surface area contributed by atoms with Gasteiger partial charge in [-0.25, -0.2) is 9.48 Å². The van der Waals surface area contributed by atoms with Crippen molar-refractivity contribution in [3.63, 3.8) is 0 Å². The molecule has 1 N–H and O–H groups in total. The van der Waals surface area contributed by atoms with E-state index in [2.05, 4.69) is 10.1 Å². The molecule has 2 aromatic heterocycles. The van der Waals surface area contributed by atoms with E-state index in [1.54, 1.807) is 42.9 Å². The minimum absolute atomic E-state index is 0.230. The standard InChI is InChI=1S/C15H12ClN3O2/c1-8-14(15(20)21)9(2)19(18-8)13-5-6-17-12-7-10(16)3-4-11(12)13/h3-7H,1-2H3,(H,20,21). The smallest absolute Gasteiger partial charge is 0.339 e. The Kier molecular flexibility index (Phi) is 3.14. The number of carboxylic acid groups (broad SMARTS) is 1. The van der Waals surface area contributed by atoms with Crippen LogP contribution in [-0.4, -0.2) is 25.8 Å². The van der Waals surface area contributed by atoms with Crippen molar-refractivity contribution < 1.29 is 9.90 Å². The van der Waals surface area contributed by atoms with Gasteiger partial charge in [0.2, 0.25) is 0 Å². The second-order valence-corrected chi connectivity index (χ2v) is 5.19. The lowest BCUT2D eigenvalue weighted by Gasteiger charge is -2.08. The fraction of sp³-hybridized carbons (Fsp3) is 0.133. The first-order chi connectivity index (χ1) is 9.99. The van der Waals surface area contributed by atoms with Gasteiger partial charge in [-0.2, -0.15) is 5.10 Å². The molecule has 0 saturated heterocycles. The Labute approximate surface area is 125 Å². The van der Waals surface area contributed by atoms with Gasteiger partial charge in [0.25, 0.3) is 0 Å². The number of aromatic nitrogens is 3. The summed E-state index contributed by atoms with van der Waals surface area (Å²) >= 11 is 5.98. The number of hydrogen-bond donors (Lipinski definition) is 1. The van der Waals surface area contributed by atoms with Crippen LogP contribution in [0.5, 0.6) is 0 Å². The Morgan fingerprint density at radius 2 is 2.05 bits per heavy atom. The summed E-state index contributed by atoms with van der Waals surface area (Å²) in [5.41, 5.74) is 2.82. The van der Waals surface area contributed by atoms with Crippen molar-refractivity contribution in [2.75, 3.05) is 0 Å². The summed E-state index contributed by atoms with van der Waals surface area (Å²) in [6, 6.07) is 7.21. The van der Waals surface area contributed by atoms with Gasteiger partial charge in [0.05, 0.1) is 22.6 Å². The van der Waals surface area contributed by atoms with Gasteiger partial charge in [0.1, 0.15) is 5.56 Å². The molecule has 0 spiro atoms. The molecule has 0 aliphatic rings. The lowest BCUT2D eigenvalue weighted by Crippen LogP contribution is -2.03. The highest BCUT2D eigenvalue weighted by Gasteiger charge is 2.19. The van der Waals surface area contributed by atoms with Gasteiger partial charge in [-0.15, -0.1) is 0 Å². The van der Waals surface area contributed by atoms with E-state index in [0.717, 1.165) is 16.6 Å². The van der Waals surface area contributed by atoms with E-state index in [-0.39, 0.29) is 5.56 Å². The van der Waals surface area contributed by atoms with E-state index in [9.17, 15) is 9.90 Å². The van der Waals surface area contributed by atoms with Gasteiger partial charge in [-0.05, 0) is 38.1 Å². The van der Waals surface area contributed by atoms with Crippen LogP contribution in [-0.2, 0) is 0 Å². The monoisotopic (exact) mass is 301 g/mol. The first-order valence-corrected chi connectivity index (χ1v) is 6.71. The molecule has 2 heterocycles. The maximum atomic E-state index is 11.3. The molecule has 6 heteroatoms. The van der Waals surface area contributed by atoms with Crippen LogP contribution in [0.25, 0.3) is 16.6 Å². The third-order valence-corrected chi connectivity index (χ3v) is 3.65. The Morgan fingerprint density at radius 1 is 1.29 bits per heavy atom. The van der Waals surface area contributed by atoms with Crippen molar-refractivity contribution >= 4 is 28.5 Å². The minimum Gasteiger partial charge on any atom is -0.478 e. The van der Waals surface area contributed by atoms with E-state index in [1.807, 2.05) is 6.07 Å². The van der Waals surface area contributed by atoms with Crippen molar-refractivity contribution in [1.82, 2.24) is 14.8 Å². The highest BCUT2D eigenvalue weighted by molar-refractivity contribution is 6.31. The summed E-state index contributed by atoms with van der Waals surface area (Å²) in [4.78, 5) is 15.6. The van der Waals surface area contributed by atoms with Crippen molar-refractivity contribution in [2.45, 2.75) is 13.8 Å². The zero-order chi connectivity index (χ0) is 15.1. The summed E-state index contributed by atoms with van der Waals surface area (Å²) in [5, 5.41) is 15.1. The average molecular weight is 302 g/mol. The second kappa shape index (κ2) is 4.86. The maximum absolute atomic E-state index is 11.3. The number of aromatic carboxylic acids is 1. The predicted octanol–water partition coefficient (Wildman–Crippen LogP) is 3.39. The van der Waals surface area contributed by atoms with Crippen LogP contribution < -0.4 is 0 Å². The largest absolute Gasteiger partial charge is 0.478 e. The first kappa shape index (κ1) is 13.6. The highest BCUT2D eigenvalue weighted by atomic mass is 35.5. The van der Waals surface area contributed by atoms with Gasteiger partial charge in [0.15, 0.2) is 0 Å². The van der Waals surface area contributed by atoms with Crippen LogP contribution in [0.1, 0.15) is 21.7 Å². The van der Waals surface area contributed by atoms with E-state index >= 15 is 0 Å². The summed E-state index contributed by atoms with van der Waals surface area (Å²) in [6.07, 6.45) is 1.66. The number of halogens is 1. The van der Waals surface area contributed by atoms with E-state index in [0.29, 0.717) is 16.4 Å². The van der Waals surface area contributed by atoms with Crippen molar-refractivity contribution in [3.8, 4) is 5.69 Å². The molecule has 1 aromatic carbocycles. The summed E-state index contributed by atoms with van der Waals surface area (Å²) in [6.45, 7) is 3.43. The van der Waals surface area contributed by atoms with Gasteiger partial charge < -0.3 is 5.11 Å². The Balaban J connectivity index is 2.31. The number of benzene rings is 1. The fourth-order valence-electron chi connectivity index (χ4n) is 2.48. The number of carboxylic acids is 1. The molecule has 3 rings (SSSR count). The van der Waals surface area contributed by atoms with Crippen molar-refractivity contribution in [1.29, 1.82) is 0 Å². The van der Waals surface area contributed by atoms with E-state index in [1.165, 1.54) is 0 Å². The average Bonchev–Trinajstić information content (AvgIpc) is 2.72. The molecule has 0 saturated carbocycles. The number of fused-ring (bicyclic) bond motifs is 1. The van der Waals surface area contributed by atoms with Crippen molar-refractivity contribution in [3.05, 3.63) is 52.4 Å². The molecule has 21 heavy (non-hydrogen) atoms. The van der Waals surface area contributed by atoms with Crippen LogP contribution in [0.2, 0.25) is 5.02 Å². The molecule has 0 bridgehead atoms. The van der Waals surface area contributed by atoms with Gasteiger partial charge in [0, 0.05) is 16.6 Å². The maximum Gasteiger partial charge on any atom is 0.339 e. The second-order valence-electron chi connectivity index (χ2n) is 4.75. The van der Waals surface area contributed by atoms with Gasteiger partial charge >= 0.3 is 5.97 Å². The third kappa shape index (κ3) is 2.15. The Morgan fingerprint density at radius 3 is 2.71 bits per heavy atom. The highest BCUT2D eigenvalue weighted by Crippen LogP contribution is 2.26. The molecule has 5 nitrogen and oxygen atoms in total. The molecule has 0 amide bonds. The Bertz CT molecular complexity index is 871. The molecule has 0 radical (unpaired) electrons. The summed E-state index contributed by atoms with van der Waals surface area (Å²) in [7, 11) is 0. The quantitative estimate of drug-likeness (QED) is 0.788. The lowest BCUT2D eigenvalue weighted by molar-refractivity contribution is 0.0695. The van der Waals surface area contributed by atoms with E-state index < -0.39 is 5.97 Å². The molecule has 106 valence electrons. The third-order valence-electron chi connectivity index (χ3n) is 3.42. The molecule has 3 aromatic rings. The number of pyridine rings is 1. The van der Waals surface area contributed by atoms with Crippen molar-refractivity contribution in [2.24, 2.45) is 0 Å². The molecular formula is C15H12ClN3O2. The molecule has 0 fully saturated rings. The predicted molar refractivity (Wildman–Crippen MR) is 80.3 cm³/mol. The van der Waals surface area contributed by atoms with Crippen LogP contribution in [0.3, 0.4) is 0 Å². The molecule has 0 atom stereocenters. The van der Waals surface area contributed by atoms with Crippen LogP contribution in [0, 0.1) is 13.8 Å². The number of nitrogens with zero attached hydrogens (tertiary/aromatic N) is 3. The molecular weight excluding hydrogens is 290 g/mol.